The van der Waals surface area contributed by atoms with E-state index in [1.165, 1.54) is 0 Å². The predicted molar refractivity (Wildman–Crippen MR) is 46.9 cm³/mol. The first kappa shape index (κ1) is 14.0. The van der Waals surface area contributed by atoms with E-state index < -0.39 is 10.8 Å². The van der Waals surface area contributed by atoms with Crippen LogP contribution in [0.25, 0.3) is 0 Å². The fraction of sp³-hybridized carbons (Fsp3) is 0.714. The van der Waals surface area contributed by atoms with Gasteiger partial charge in [0.05, 0.1) is 6.07 Å². The van der Waals surface area contributed by atoms with Gasteiger partial charge in [-0.3, -0.25) is 4.79 Å². The summed E-state index contributed by atoms with van der Waals surface area (Å²) in [7, 11) is 0. The summed E-state index contributed by atoms with van der Waals surface area (Å²) < 4.78 is 0. The summed E-state index contributed by atoms with van der Waals surface area (Å²) in [5, 5.41) is 7.27. The van der Waals surface area contributed by atoms with Gasteiger partial charge >= 0.3 is 29.6 Å². The van der Waals surface area contributed by atoms with E-state index in [0.29, 0.717) is 0 Å². The summed E-state index contributed by atoms with van der Waals surface area (Å²) in [5.74, 6) is -0.225. The second-order valence-electron chi connectivity index (χ2n) is 3.11. The van der Waals surface area contributed by atoms with E-state index in [2.05, 4.69) is 0 Å². The Bertz CT molecular complexity index is 180. The Balaban J connectivity index is 0. The summed E-state index contributed by atoms with van der Waals surface area (Å²) in [6.45, 7) is 5.21. The fourth-order valence-corrected chi connectivity index (χ4v) is 0.766. The first-order valence-corrected chi connectivity index (χ1v) is 3.41. The van der Waals surface area contributed by atoms with Gasteiger partial charge < -0.3 is 0 Å². The van der Waals surface area contributed by atoms with Gasteiger partial charge in [0.25, 0.3) is 0 Å². The topological polar surface area (TPSA) is 40.9 Å². The molecule has 0 aliphatic rings. The molecule has 0 bridgehead atoms. The van der Waals surface area contributed by atoms with Gasteiger partial charge in [-0.05, 0) is 0 Å². The SMILES string of the molecule is CC(C)(C)C(=O)C(Cl)C#N.[NaH]. The van der Waals surface area contributed by atoms with Crippen molar-refractivity contribution in [3.05, 3.63) is 0 Å². The predicted octanol–water partition coefficient (Wildman–Crippen LogP) is 1.08. The summed E-state index contributed by atoms with van der Waals surface area (Å²) in [6.07, 6.45) is 0. The van der Waals surface area contributed by atoms with E-state index in [1.807, 2.05) is 0 Å². The standard InChI is InChI=1S/C7H10ClNO.Na.H/c1-7(2,3)6(10)5(8)4-9;;/h5H,1-3H3;;. The van der Waals surface area contributed by atoms with Crippen molar-refractivity contribution in [2.45, 2.75) is 26.1 Å². The van der Waals surface area contributed by atoms with E-state index >= 15 is 0 Å². The first-order valence-electron chi connectivity index (χ1n) is 2.97. The van der Waals surface area contributed by atoms with Gasteiger partial charge in [-0.2, -0.15) is 5.26 Å². The molecule has 0 amide bonds. The Morgan fingerprint density at radius 3 is 2.00 bits per heavy atom. The molecule has 1 unspecified atom stereocenters. The summed E-state index contributed by atoms with van der Waals surface area (Å²) in [6, 6.07) is 1.69. The fourth-order valence-electron chi connectivity index (χ4n) is 0.439. The molecule has 0 aromatic rings. The van der Waals surface area contributed by atoms with Crippen LogP contribution in [0, 0.1) is 16.7 Å². The molecule has 11 heavy (non-hydrogen) atoms. The summed E-state index contributed by atoms with van der Waals surface area (Å²) >= 11 is 5.39. The number of halogens is 1. The van der Waals surface area contributed by atoms with Crippen LogP contribution in [-0.2, 0) is 4.79 Å². The van der Waals surface area contributed by atoms with E-state index in [4.69, 9.17) is 16.9 Å². The zero-order chi connectivity index (χ0) is 8.36. The van der Waals surface area contributed by atoms with Crippen LogP contribution in [0.2, 0.25) is 0 Å². The van der Waals surface area contributed by atoms with Gasteiger partial charge in [0, 0.05) is 5.41 Å². The molecular formula is C7H11ClNNaO. The van der Waals surface area contributed by atoms with Crippen molar-refractivity contribution in [2.24, 2.45) is 5.41 Å². The van der Waals surface area contributed by atoms with Crippen LogP contribution in [0.3, 0.4) is 0 Å². The number of ketones is 1. The Kier molecular flexibility index (Phi) is 6.57. The van der Waals surface area contributed by atoms with Gasteiger partial charge in [0.2, 0.25) is 0 Å². The number of carbonyl (C=O) groups is 1. The number of Topliss-reactive ketones (excluding diaryl/α,β-unsaturated/α-hetero) is 1. The molecule has 0 saturated carbocycles. The van der Waals surface area contributed by atoms with Gasteiger partial charge in [-0.1, -0.05) is 32.4 Å². The van der Waals surface area contributed by atoms with Crippen molar-refractivity contribution >= 4 is 46.9 Å². The van der Waals surface area contributed by atoms with Crippen molar-refractivity contribution in [1.29, 1.82) is 5.26 Å². The normalized spacial score (nSPS) is 12.6. The van der Waals surface area contributed by atoms with Crippen LogP contribution < -0.4 is 0 Å². The molecule has 58 valence electrons. The zero-order valence-corrected chi connectivity index (χ0v) is 7.07. The van der Waals surface area contributed by atoms with Gasteiger partial charge in [-0.15, -0.1) is 0 Å². The molecule has 0 N–H and O–H groups in total. The quantitative estimate of drug-likeness (QED) is 0.451. The number of hydrogen-bond donors (Lipinski definition) is 0. The van der Waals surface area contributed by atoms with E-state index in [9.17, 15) is 4.79 Å². The van der Waals surface area contributed by atoms with Crippen molar-refractivity contribution in [3.8, 4) is 6.07 Å². The molecule has 0 aliphatic heterocycles. The molecule has 0 fully saturated rings. The van der Waals surface area contributed by atoms with Crippen molar-refractivity contribution in [2.75, 3.05) is 0 Å². The molecule has 0 saturated heterocycles. The van der Waals surface area contributed by atoms with E-state index in [0.717, 1.165) is 0 Å². The van der Waals surface area contributed by atoms with E-state index in [1.54, 1.807) is 26.8 Å². The number of nitrogens with zero attached hydrogens (tertiary/aromatic N) is 1. The van der Waals surface area contributed by atoms with Crippen LogP contribution in [0.1, 0.15) is 20.8 Å². The maximum atomic E-state index is 11.0. The molecule has 0 spiro atoms. The van der Waals surface area contributed by atoms with Crippen LogP contribution in [0.15, 0.2) is 0 Å². The Morgan fingerprint density at radius 2 is 1.91 bits per heavy atom. The minimum absolute atomic E-state index is 0. The van der Waals surface area contributed by atoms with Crippen LogP contribution in [-0.4, -0.2) is 40.7 Å². The second-order valence-corrected chi connectivity index (χ2v) is 3.54. The molecule has 0 aromatic heterocycles. The number of hydrogen-bond acceptors (Lipinski definition) is 2. The maximum absolute atomic E-state index is 11.0. The monoisotopic (exact) mass is 183 g/mol. The van der Waals surface area contributed by atoms with Crippen molar-refractivity contribution < 1.29 is 4.79 Å². The average molecular weight is 184 g/mol. The van der Waals surface area contributed by atoms with Crippen molar-refractivity contribution in [3.63, 3.8) is 0 Å². The molecule has 0 rings (SSSR count). The zero-order valence-electron chi connectivity index (χ0n) is 6.31. The molecular weight excluding hydrogens is 173 g/mol. The first-order chi connectivity index (χ1) is 4.39. The Labute approximate surface area is 94.2 Å². The second kappa shape index (κ2) is 5.16. The third-order valence-corrected chi connectivity index (χ3v) is 1.38. The third kappa shape index (κ3) is 4.81. The molecule has 0 aromatic carbocycles. The molecule has 0 radical (unpaired) electrons. The van der Waals surface area contributed by atoms with Gasteiger partial charge in [0.15, 0.2) is 11.2 Å². The average Bonchev–Trinajstić information content (AvgIpc) is 1.83. The number of alkyl halides is 1. The number of nitriles is 1. The van der Waals surface area contributed by atoms with Gasteiger partial charge in [0.1, 0.15) is 0 Å². The Morgan fingerprint density at radius 1 is 1.55 bits per heavy atom. The van der Waals surface area contributed by atoms with E-state index in [-0.39, 0.29) is 35.3 Å². The van der Waals surface area contributed by atoms with Crippen LogP contribution >= 0.6 is 11.6 Å². The number of carbonyl (C=O) groups excluding carboxylic acids is 1. The van der Waals surface area contributed by atoms with Crippen molar-refractivity contribution in [1.82, 2.24) is 0 Å². The number of rotatable bonds is 1. The summed E-state index contributed by atoms with van der Waals surface area (Å²) in [4.78, 5) is 11.0. The third-order valence-electron chi connectivity index (χ3n) is 1.08. The van der Waals surface area contributed by atoms with Crippen LogP contribution in [0.5, 0.6) is 0 Å². The molecule has 1 atom stereocenters. The minimum atomic E-state index is -1.00. The molecule has 0 heterocycles. The molecule has 0 aliphatic carbocycles. The van der Waals surface area contributed by atoms with Gasteiger partial charge in [-0.25, -0.2) is 0 Å². The molecule has 2 nitrogen and oxygen atoms in total. The van der Waals surface area contributed by atoms with Crippen LogP contribution in [0.4, 0.5) is 0 Å². The Hall–Kier alpha value is 0.450. The summed E-state index contributed by atoms with van der Waals surface area (Å²) in [5.41, 5.74) is -0.512. The molecule has 4 heteroatoms.